The molecule has 0 aliphatic rings. The van der Waals surface area contributed by atoms with Crippen molar-refractivity contribution in [2.75, 3.05) is 19.0 Å². The maximum atomic E-state index is 9.55. The van der Waals surface area contributed by atoms with E-state index in [0.717, 1.165) is 19.6 Å². The van der Waals surface area contributed by atoms with Crippen molar-refractivity contribution in [3.8, 4) is 0 Å². The maximum absolute atomic E-state index is 9.55. The van der Waals surface area contributed by atoms with Crippen LogP contribution in [0, 0.1) is 0 Å². The first-order valence-corrected chi connectivity index (χ1v) is 9.84. The van der Waals surface area contributed by atoms with Crippen molar-refractivity contribution in [1.82, 2.24) is 0 Å². The number of ether oxygens (including phenoxy) is 1. The summed E-state index contributed by atoms with van der Waals surface area (Å²) in [5.41, 5.74) is 2.43. The predicted molar refractivity (Wildman–Crippen MR) is 112 cm³/mol. The number of hydrogen-bond donors (Lipinski definition) is 2. The predicted octanol–water partition coefficient (Wildman–Crippen LogP) is 4.66. The highest BCUT2D eigenvalue weighted by atomic mass is 35.5. The topological polar surface area (TPSA) is 66.8 Å². The molecule has 0 aliphatic heterocycles. The van der Waals surface area contributed by atoms with Crippen molar-refractivity contribution in [3.05, 3.63) is 71.8 Å². The third-order valence-electron chi connectivity index (χ3n) is 2.72. The Kier molecular flexibility index (Phi) is 21.4. The fourth-order valence-electron chi connectivity index (χ4n) is 1.55. The van der Waals surface area contributed by atoms with Crippen molar-refractivity contribution in [1.29, 1.82) is 0 Å². The van der Waals surface area contributed by atoms with E-state index in [1.54, 1.807) is 0 Å². The van der Waals surface area contributed by atoms with Gasteiger partial charge in [0, 0.05) is 12.5 Å². The average Bonchev–Trinajstić information content (AvgIpc) is 2.64. The molecule has 0 aromatic heterocycles. The monoisotopic (exact) mass is 422 g/mol. The summed E-state index contributed by atoms with van der Waals surface area (Å²) >= 11 is 3.71. The third kappa shape index (κ3) is 17.9. The summed E-state index contributed by atoms with van der Waals surface area (Å²) in [5, 5.41) is 7.88. The van der Waals surface area contributed by atoms with Crippen LogP contribution in [-0.4, -0.2) is 32.8 Å². The van der Waals surface area contributed by atoms with Gasteiger partial charge in [-0.25, -0.2) is 4.21 Å². The molecule has 0 saturated heterocycles. The molecular weight excluding hydrogens is 395 g/mol. The number of benzene rings is 2. The lowest BCUT2D eigenvalue weighted by atomic mass is 10.2. The first kappa shape index (κ1) is 27.3. The van der Waals surface area contributed by atoms with Crippen molar-refractivity contribution in [2.45, 2.75) is 25.8 Å². The van der Waals surface area contributed by atoms with Crippen LogP contribution in [0.1, 0.15) is 24.5 Å². The number of halogens is 2. The van der Waals surface area contributed by atoms with E-state index in [0.29, 0.717) is 5.88 Å². The molecule has 2 rings (SSSR count). The number of rotatable bonds is 7. The molecule has 7 heteroatoms. The molecule has 0 amide bonds. The van der Waals surface area contributed by atoms with E-state index < -0.39 is 11.1 Å². The second-order valence-electron chi connectivity index (χ2n) is 4.91. The van der Waals surface area contributed by atoms with E-state index in [1.165, 1.54) is 11.1 Å². The van der Waals surface area contributed by atoms with Gasteiger partial charge in [-0.15, -0.1) is 24.0 Å². The van der Waals surface area contributed by atoms with Gasteiger partial charge in [-0.05, 0) is 17.5 Å². The van der Waals surface area contributed by atoms with Crippen LogP contribution < -0.4 is 0 Å². The smallest absolute Gasteiger partial charge is 0.155 e. The average molecular weight is 423 g/mol. The van der Waals surface area contributed by atoms with E-state index in [-0.39, 0.29) is 24.8 Å². The van der Waals surface area contributed by atoms with Crippen molar-refractivity contribution in [3.63, 3.8) is 0 Å². The van der Waals surface area contributed by atoms with Crippen LogP contribution in [0.2, 0.25) is 0 Å². The number of alkyl halides is 1. The van der Waals surface area contributed by atoms with Crippen molar-refractivity contribution < 1.29 is 18.6 Å². The molecule has 1 unspecified atom stereocenters. The van der Waals surface area contributed by atoms with Crippen LogP contribution >= 0.6 is 24.0 Å². The number of aliphatic hydroxyl groups is 1. The SMILES string of the molecule is CCCOCc1ccccc1.Cl.ClCc1ccccc1.O=S(O)CCO. The van der Waals surface area contributed by atoms with Crippen LogP contribution in [0.4, 0.5) is 0 Å². The zero-order valence-electron chi connectivity index (χ0n) is 14.9. The molecule has 0 heterocycles. The van der Waals surface area contributed by atoms with E-state index in [9.17, 15) is 4.21 Å². The van der Waals surface area contributed by atoms with Gasteiger partial charge < -0.3 is 14.4 Å². The van der Waals surface area contributed by atoms with Gasteiger partial charge in [0.25, 0.3) is 0 Å². The molecule has 26 heavy (non-hydrogen) atoms. The molecule has 1 atom stereocenters. The largest absolute Gasteiger partial charge is 0.395 e. The van der Waals surface area contributed by atoms with Gasteiger partial charge in [0.15, 0.2) is 11.1 Å². The minimum atomic E-state index is -1.82. The molecule has 2 aromatic carbocycles. The van der Waals surface area contributed by atoms with E-state index in [2.05, 4.69) is 19.1 Å². The van der Waals surface area contributed by atoms with Crippen LogP contribution in [0.5, 0.6) is 0 Å². The van der Waals surface area contributed by atoms with Crippen LogP contribution in [0.25, 0.3) is 0 Å². The Labute approximate surface area is 170 Å². The van der Waals surface area contributed by atoms with Gasteiger partial charge in [0.1, 0.15) is 0 Å². The summed E-state index contributed by atoms with van der Waals surface area (Å²) < 4.78 is 22.8. The van der Waals surface area contributed by atoms with Gasteiger partial charge in [-0.2, -0.15) is 0 Å². The molecule has 4 nitrogen and oxygen atoms in total. The Bertz CT molecular complexity index is 542. The second-order valence-corrected chi connectivity index (χ2v) is 6.23. The lowest BCUT2D eigenvalue weighted by molar-refractivity contribution is 0.121. The normalized spacial score (nSPS) is 10.3. The van der Waals surface area contributed by atoms with Crippen LogP contribution in [0.15, 0.2) is 60.7 Å². The minimum absolute atomic E-state index is 0. The molecule has 148 valence electrons. The molecule has 0 saturated carbocycles. The maximum Gasteiger partial charge on any atom is 0.155 e. The highest BCUT2D eigenvalue weighted by Gasteiger charge is 1.88. The number of aliphatic hydroxyl groups excluding tert-OH is 1. The lowest BCUT2D eigenvalue weighted by Gasteiger charge is -2.00. The summed E-state index contributed by atoms with van der Waals surface area (Å²) in [6.45, 7) is 3.50. The molecule has 2 N–H and O–H groups in total. The van der Waals surface area contributed by atoms with Gasteiger partial charge in [0.2, 0.25) is 0 Å². The number of hydrogen-bond acceptors (Lipinski definition) is 3. The van der Waals surface area contributed by atoms with Gasteiger partial charge in [-0.3, -0.25) is 0 Å². The fourth-order valence-corrected chi connectivity index (χ4v) is 1.89. The van der Waals surface area contributed by atoms with Crippen molar-refractivity contribution >= 4 is 35.1 Å². The fraction of sp³-hybridized carbons (Fsp3) is 0.368. The van der Waals surface area contributed by atoms with E-state index in [4.69, 9.17) is 26.0 Å². The molecule has 0 bridgehead atoms. The summed E-state index contributed by atoms with van der Waals surface area (Å²) in [6, 6.07) is 20.2. The second kappa shape index (κ2) is 20.4. The highest BCUT2D eigenvalue weighted by molar-refractivity contribution is 7.79. The standard InChI is InChI=1S/C10H14O.C7H7Cl.C2H6O3S.ClH/c1-2-8-11-9-10-6-4-3-5-7-10;8-6-7-4-2-1-3-5-7;3-1-2-6(4)5;/h3-7H,2,8-9H2,1H3;1-5H,6H2;3H,1-2H2,(H,4,5);1H. The zero-order valence-corrected chi connectivity index (χ0v) is 17.3. The van der Waals surface area contributed by atoms with Crippen molar-refractivity contribution in [2.24, 2.45) is 0 Å². The summed E-state index contributed by atoms with van der Waals surface area (Å²) in [5.74, 6) is 0.570. The lowest BCUT2D eigenvalue weighted by Crippen LogP contribution is -1.98. The first-order valence-electron chi connectivity index (χ1n) is 8.03. The van der Waals surface area contributed by atoms with Crippen LogP contribution in [0.3, 0.4) is 0 Å². The van der Waals surface area contributed by atoms with E-state index >= 15 is 0 Å². The quantitative estimate of drug-likeness (QED) is 0.386. The molecule has 0 fully saturated rings. The first-order chi connectivity index (χ1) is 12.1. The Morgan fingerprint density at radius 2 is 1.50 bits per heavy atom. The zero-order chi connectivity index (χ0) is 18.8. The summed E-state index contributed by atoms with van der Waals surface area (Å²) in [6.07, 6.45) is 1.09. The highest BCUT2D eigenvalue weighted by Crippen LogP contribution is 2.01. The summed E-state index contributed by atoms with van der Waals surface area (Å²) in [7, 11) is 0. The Balaban J connectivity index is 0. The van der Waals surface area contributed by atoms with Crippen LogP contribution in [-0.2, 0) is 28.3 Å². The molecule has 2 aromatic rings. The third-order valence-corrected chi connectivity index (χ3v) is 3.56. The molecule has 0 aliphatic carbocycles. The van der Waals surface area contributed by atoms with Gasteiger partial charge in [0.05, 0.1) is 19.0 Å². The Hall–Kier alpha value is -0.950. The Morgan fingerprint density at radius 3 is 1.81 bits per heavy atom. The molecule has 0 spiro atoms. The summed E-state index contributed by atoms with van der Waals surface area (Å²) in [4.78, 5) is 0. The minimum Gasteiger partial charge on any atom is -0.395 e. The Morgan fingerprint density at radius 1 is 1.00 bits per heavy atom. The molecule has 0 radical (unpaired) electrons. The van der Waals surface area contributed by atoms with Gasteiger partial charge in [-0.1, -0.05) is 67.6 Å². The van der Waals surface area contributed by atoms with E-state index in [1.807, 2.05) is 48.5 Å². The van der Waals surface area contributed by atoms with Gasteiger partial charge >= 0.3 is 0 Å². The molecular formula is C19H28Cl2O4S.